The van der Waals surface area contributed by atoms with Crippen LogP contribution < -0.4 is 15.5 Å². The number of amides is 1. The van der Waals surface area contributed by atoms with E-state index in [1.165, 1.54) is 12.5 Å². The molecule has 3 N–H and O–H groups in total. The highest BCUT2D eigenvalue weighted by Gasteiger charge is 2.34. The molecule has 2 saturated heterocycles. The molecule has 0 saturated carbocycles. The van der Waals surface area contributed by atoms with Gasteiger partial charge in [-0.15, -0.1) is 0 Å². The molecule has 1 amide bonds. The lowest BCUT2D eigenvalue weighted by atomic mass is 9.92. The number of piperidine rings is 1. The fourth-order valence-corrected chi connectivity index (χ4v) is 4.64. The van der Waals surface area contributed by atoms with Gasteiger partial charge in [-0.05, 0) is 56.5 Å². The van der Waals surface area contributed by atoms with Gasteiger partial charge in [-0.25, -0.2) is 9.37 Å². The normalized spacial score (nSPS) is 20.5. The molecule has 0 radical (unpaired) electrons. The van der Waals surface area contributed by atoms with Crippen LogP contribution in [0, 0.1) is 18.7 Å². The molecule has 2 aliphatic heterocycles. The van der Waals surface area contributed by atoms with Crippen molar-refractivity contribution < 1.29 is 9.18 Å². The number of rotatable bonds is 4. The average molecular weight is 420 g/mol. The molecule has 7 nitrogen and oxygen atoms in total. The van der Waals surface area contributed by atoms with Gasteiger partial charge in [-0.1, -0.05) is 6.07 Å². The Bertz CT molecular complexity index is 1110. The van der Waals surface area contributed by atoms with E-state index in [0.717, 1.165) is 37.3 Å². The number of aryl methyl sites for hydroxylation is 1. The summed E-state index contributed by atoms with van der Waals surface area (Å²) in [6.45, 7) is 4.43. The Kier molecular flexibility index (Phi) is 5.15. The van der Waals surface area contributed by atoms with Crippen LogP contribution in [0.4, 0.5) is 15.8 Å². The van der Waals surface area contributed by atoms with E-state index < -0.39 is 5.91 Å². The fraction of sp³-hybridized carbons (Fsp3) is 0.348. The van der Waals surface area contributed by atoms with Crippen molar-refractivity contribution in [3.8, 4) is 11.3 Å². The van der Waals surface area contributed by atoms with Crippen LogP contribution in [-0.4, -0.2) is 46.5 Å². The van der Waals surface area contributed by atoms with E-state index in [-0.39, 0.29) is 11.6 Å². The second-order valence-corrected chi connectivity index (χ2v) is 8.25. The monoisotopic (exact) mass is 420 g/mol. The molecule has 2 aliphatic rings. The zero-order chi connectivity index (χ0) is 21.4. The van der Waals surface area contributed by atoms with Crippen molar-refractivity contribution in [3.05, 3.63) is 60.1 Å². The van der Waals surface area contributed by atoms with Gasteiger partial charge in [-0.3, -0.25) is 9.78 Å². The lowest BCUT2D eigenvalue weighted by Gasteiger charge is -2.37. The molecule has 2 atom stereocenters. The van der Waals surface area contributed by atoms with Crippen molar-refractivity contribution in [2.24, 2.45) is 5.92 Å². The minimum absolute atomic E-state index is 0.177. The highest BCUT2D eigenvalue weighted by molar-refractivity contribution is 6.04. The zero-order valence-corrected chi connectivity index (χ0v) is 17.4. The van der Waals surface area contributed by atoms with Gasteiger partial charge >= 0.3 is 0 Å². The first-order valence-corrected chi connectivity index (χ1v) is 10.6. The van der Waals surface area contributed by atoms with E-state index in [4.69, 9.17) is 0 Å². The fourth-order valence-electron chi connectivity index (χ4n) is 4.64. The zero-order valence-electron chi connectivity index (χ0n) is 17.4. The molecule has 4 heterocycles. The second-order valence-electron chi connectivity index (χ2n) is 8.25. The number of hydrogen-bond acceptors (Lipinski definition) is 5. The number of H-pyrrole nitrogens is 1. The van der Waals surface area contributed by atoms with Crippen LogP contribution in [0.2, 0.25) is 0 Å². The van der Waals surface area contributed by atoms with Crippen molar-refractivity contribution in [3.63, 3.8) is 0 Å². The third-order valence-electron chi connectivity index (χ3n) is 6.21. The summed E-state index contributed by atoms with van der Waals surface area (Å²) in [7, 11) is 0. The van der Waals surface area contributed by atoms with Crippen molar-refractivity contribution in [2.75, 3.05) is 29.9 Å². The van der Waals surface area contributed by atoms with Gasteiger partial charge in [0.05, 0.1) is 17.1 Å². The SMILES string of the molecule is Cc1cc(-c2c[nH]c(C(=O)Nc3cccc(F)c3N3CCC4CCNC4C3)n2)ccn1. The summed E-state index contributed by atoms with van der Waals surface area (Å²) in [4.78, 5) is 26.4. The van der Waals surface area contributed by atoms with Crippen molar-refractivity contribution in [2.45, 2.75) is 25.8 Å². The lowest BCUT2D eigenvalue weighted by molar-refractivity contribution is 0.101. The van der Waals surface area contributed by atoms with Crippen LogP contribution in [0.5, 0.6) is 0 Å². The predicted octanol–water partition coefficient (Wildman–Crippen LogP) is 3.36. The second kappa shape index (κ2) is 8.11. The maximum atomic E-state index is 14.9. The van der Waals surface area contributed by atoms with E-state index in [0.29, 0.717) is 29.0 Å². The number of hydrogen-bond donors (Lipinski definition) is 3. The number of imidazole rings is 1. The van der Waals surface area contributed by atoms with Crippen LogP contribution in [0.1, 0.15) is 29.2 Å². The number of aromatic nitrogens is 3. The number of carbonyl (C=O) groups excluding carboxylic acids is 1. The summed E-state index contributed by atoms with van der Waals surface area (Å²) in [6, 6.07) is 8.91. The molecule has 2 aromatic heterocycles. The Morgan fingerprint density at radius 2 is 2.19 bits per heavy atom. The van der Waals surface area contributed by atoms with E-state index in [1.807, 2.05) is 24.0 Å². The van der Waals surface area contributed by atoms with Gasteiger partial charge in [0.15, 0.2) is 5.82 Å². The molecule has 0 bridgehead atoms. The maximum Gasteiger partial charge on any atom is 0.291 e. The van der Waals surface area contributed by atoms with Gasteiger partial charge in [-0.2, -0.15) is 0 Å². The molecule has 2 fully saturated rings. The van der Waals surface area contributed by atoms with Gasteiger partial charge in [0, 0.05) is 42.8 Å². The van der Waals surface area contributed by atoms with Crippen LogP contribution in [-0.2, 0) is 0 Å². The quantitative estimate of drug-likeness (QED) is 0.603. The number of para-hydroxylation sites is 1. The summed E-state index contributed by atoms with van der Waals surface area (Å²) in [5.41, 5.74) is 3.31. The first-order valence-electron chi connectivity index (χ1n) is 10.6. The highest BCUT2D eigenvalue weighted by atomic mass is 19.1. The Morgan fingerprint density at radius 3 is 3.06 bits per heavy atom. The van der Waals surface area contributed by atoms with Gasteiger partial charge in [0.2, 0.25) is 0 Å². The molecule has 8 heteroatoms. The topological polar surface area (TPSA) is 85.9 Å². The van der Waals surface area contributed by atoms with Crippen molar-refractivity contribution in [1.29, 1.82) is 0 Å². The number of halogens is 1. The average Bonchev–Trinajstić information content (AvgIpc) is 3.43. The number of nitrogens with zero attached hydrogens (tertiary/aromatic N) is 3. The largest absolute Gasteiger partial charge is 0.366 e. The standard InChI is InChI=1S/C23H25FN6O/c1-14-11-16(6-8-25-14)19-12-27-22(28-19)23(31)29-18-4-2-3-17(24)21(18)30-10-7-15-5-9-26-20(15)13-30/h2-4,6,8,11-12,15,20,26H,5,7,9-10,13H2,1H3,(H,27,28)(H,29,31). The number of pyridine rings is 1. The minimum atomic E-state index is -0.405. The summed E-state index contributed by atoms with van der Waals surface area (Å²) in [5, 5.41) is 6.37. The van der Waals surface area contributed by atoms with Crippen LogP contribution in [0.3, 0.4) is 0 Å². The molecule has 160 valence electrons. The first-order chi connectivity index (χ1) is 15.1. The minimum Gasteiger partial charge on any atom is -0.366 e. The molecule has 5 rings (SSSR count). The van der Waals surface area contributed by atoms with Crippen LogP contribution in [0.15, 0.2) is 42.7 Å². The summed E-state index contributed by atoms with van der Waals surface area (Å²) in [6.07, 6.45) is 5.59. The molecule has 2 unspecified atom stereocenters. The van der Waals surface area contributed by atoms with E-state index in [2.05, 4.69) is 25.6 Å². The predicted molar refractivity (Wildman–Crippen MR) is 118 cm³/mol. The number of anilines is 2. The molecule has 31 heavy (non-hydrogen) atoms. The van der Waals surface area contributed by atoms with E-state index in [1.54, 1.807) is 24.5 Å². The molecule has 0 aliphatic carbocycles. The third-order valence-corrected chi connectivity index (χ3v) is 6.21. The Morgan fingerprint density at radius 1 is 1.29 bits per heavy atom. The first kappa shape index (κ1) is 19.7. The van der Waals surface area contributed by atoms with Crippen molar-refractivity contribution >= 4 is 17.3 Å². The summed E-state index contributed by atoms with van der Waals surface area (Å²) in [5.74, 6) is 0.0923. The number of carbonyl (C=O) groups is 1. The molecular formula is C23H25FN6O. The van der Waals surface area contributed by atoms with E-state index >= 15 is 0 Å². The Labute approximate surface area is 180 Å². The number of nitrogens with one attached hydrogen (secondary N) is 3. The molecular weight excluding hydrogens is 395 g/mol. The maximum absolute atomic E-state index is 14.9. The van der Waals surface area contributed by atoms with E-state index in [9.17, 15) is 9.18 Å². The number of aromatic amines is 1. The third kappa shape index (κ3) is 3.90. The molecule has 3 aromatic rings. The smallest absolute Gasteiger partial charge is 0.291 e. The van der Waals surface area contributed by atoms with Gasteiger partial charge < -0.3 is 20.5 Å². The van der Waals surface area contributed by atoms with Crippen molar-refractivity contribution in [1.82, 2.24) is 20.3 Å². The molecule has 0 spiro atoms. The Balaban J connectivity index is 1.37. The Hall–Kier alpha value is -3.26. The molecule has 1 aromatic carbocycles. The van der Waals surface area contributed by atoms with Crippen LogP contribution in [0.25, 0.3) is 11.3 Å². The van der Waals surface area contributed by atoms with Gasteiger partial charge in [0.25, 0.3) is 5.91 Å². The lowest BCUT2D eigenvalue weighted by Crippen LogP contribution is -2.47. The van der Waals surface area contributed by atoms with Crippen LogP contribution >= 0.6 is 0 Å². The summed E-state index contributed by atoms with van der Waals surface area (Å²) < 4.78 is 14.9. The summed E-state index contributed by atoms with van der Waals surface area (Å²) >= 11 is 0. The van der Waals surface area contributed by atoms with Gasteiger partial charge in [0.1, 0.15) is 5.82 Å². The number of benzene rings is 1. The highest BCUT2D eigenvalue weighted by Crippen LogP contribution is 2.34. The number of fused-ring (bicyclic) bond motifs is 1.